The third-order valence-electron chi connectivity index (χ3n) is 9.79. The normalized spacial score (nSPS) is 13.7. The fraction of sp³-hybridized carbons (Fsp3) is 0.667. The number of rotatable bonds is 40. The van der Waals surface area contributed by atoms with E-state index in [0.29, 0.717) is 6.42 Å². The van der Waals surface area contributed by atoms with Gasteiger partial charge in [0, 0.05) is 19.3 Å². The van der Waals surface area contributed by atoms with E-state index in [4.69, 9.17) is 14.2 Å². The van der Waals surface area contributed by atoms with Crippen LogP contribution in [-0.2, 0) is 28.6 Å². The highest BCUT2D eigenvalue weighted by atomic mass is 16.6. The topological polar surface area (TPSA) is 102 Å². The zero-order valence-corrected chi connectivity index (χ0v) is 38.1. The van der Waals surface area contributed by atoms with Gasteiger partial charge in [0.1, 0.15) is 12.6 Å². The maximum Gasteiger partial charge on any atom is 0.306 e. The molecule has 0 aromatic carbocycles. The maximum absolute atomic E-state index is 12.7. The number of likely N-dealkylation sites (N-methyl/N-ethyl adjacent to an activating group) is 1. The molecule has 0 aromatic heterocycles. The monoisotopic (exact) mass is 824 g/mol. The molecule has 0 amide bonds. The number of quaternary nitrogens is 1. The number of carbonyl (C=O) groups excluding carboxylic acids is 3. The molecule has 0 rings (SSSR count). The molecule has 2 atom stereocenters. The van der Waals surface area contributed by atoms with Crippen molar-refractivity contribution in [1.29, 1.82) is 0 Å². The van der Waals surface area contributed by atoms with Crippen molar-refractivity contribution in [3.63, 3.8) is 0 Å². The van der Waals surface area contributed by atoms with Crippen LogP contribution in [0.15, 0.2) is 85.1 Å². The lowest BCUT2D eigenvalue weighted by atomic mass is 10.1. The van der Waals surface area contributed by atoms with Crippen LogP contribution in [-0.4, -0.2) is 75.5 Å². The first-order chi connectivity index (χ1) is 28.6. The average molecular weight is 824 g/mol. The van der Waals surface area contributed by atoms with Crippen molar-refractivity contribution in [2.45, 2.75) is 180 Å². The van der Waals surface area contributed by atoms with E-state index in [-0.39, 0.29) is 55.5 Å². The highest BCUT2D eigenvalue weighted by molar-refractivity contribution is 5.70. The van der Waals surface area contributed by atoms with Gasteiger partial charge in [-0.25, -0.2) is 0 Å². The Bertz CT molecular complexity index is 1240. The summed E-state index contributed by atoms with van der Waals surface area (Å²) in [6, 6.07) is -0.741. The van der Waals surface area contributed by atoms with Gasteiger partial charge < -0.3 is 28.6 Å². The second-order valence-corrected chi connectivity index (χ2v) is 16.3. The van der Waals surface area contributed by atoms with Gasteiger partial charge in [0.05, 0.1) is 40.3 Å². The number of ether oxygens (including phenoxy) is 3. The minimum Gasteiger partial charge on any atom is -0.544 e. The smallest absolute Gasteiger partial charge is 0.306 e. The Balaban J connectivity index is 4.46. The second kappa shape index (κ2) is 41.3. The van der Waals surface area contributed by atoms with Gasteiger partial charge in [-0.1, -0.05) is 157 Å². The van der Waals surface area contributed by atoms with Crippen molar-refractivity contribution in [2.75, 3.05) is 41.0 Å². The van der Waals surface area contributed by atoms with Gasteiger partial charge in [0.25, 0.3) is 0 Å². The van der Waals surface area contributed by atoms with Crippen LogP contribution >= 0.6 is 0 Å². The Kier molecular flexibility index (Phi) is 38.8. The van der Waals surface area contributed by atoms with Gasteiger partial charge in [-0.2, -0.15) is 0 Å². The Labute approximate surface area is 361 Å². The van der Waals surface area contributed by atoms with Gasteiger partial charge in [0.15, 0.2) is 6.10 Å². The van der Waals surface area contributed by atoms with Crippen molar-refractivity contribution in [1.82, 2.24) is 0 Å². The van der Waals surface area contributed by atoms with Crippen LogP contribution in [0.25, 0.3) is 0 Å². The van der Waals surface area contributed by atoms with E-state index in [0.717, 1.165) is 83.5 Å². The predicted octanol–water partition coefficient (Wildman–Crippen LogP) is 11.6. The summed E-state index contributed by atoms with van der Waals surface area (Å²) in [6.07, 6.45) is 53.3. The Hall–Kier alpha value is -3.49. The third kappa shape index (κ3) is 39.7. The lowest BCUT2D eigenvalue weighted by Crippen LogP contribution is -2.55. The molecule has 0 radical (unpaired) electrons. The summed E-state index contributed by atoms with van der Waals surface area (Å²) in [5, 5.41) is 11.6. The molecule has 0 saturated heterocycles. The largest absolute Gasteiger partial charge is 0.544 e. The number of hydrogen-bond donors (Lipinski definition) is 0. The lowest BCUT2D eigenvalue weighted by Gasteiger charge is -2.34. The molecule has 8 nitrogen and oxygen atoms in total. The zero-order chi connectivity index (χ0) is 43.5. The molecule has 0 bridgehead atoms. The molecule has 0 aliphatic carbocycles. The summed E-state index contributed by atoms with van der Waals surface area (Å²) in [6.45, 7) is 4.45. The molecule has 0 aromatic rings. The number of allylic oxidation sites excluding steroid dienone is 14. The number of carbonyl (C=O) groups is 3. The van der Waals surface area contributed by atoms with Gasteiger partial charge in [-0.05, 0) is 77.0 Å². The molecule has 0 N–H and O–H groups in total. The summed E-state index contributed by atoms with van der Waals surface area (Å²) in [5.74, 6) is -1.84. The van der Waals surface area contributed by atoms with Crippen molar-refractivity contribution >= 4 is 17.9 Å². The molecule has 336 valence electrons. The van der Waals surface area contributed by atoms with Crippen LogP contribution in [0.1, 0.15) is 168 Å². The standard InChI is InChI=1S/C51H85NO7/c1-6-8-10-12-14-16-18-20-22-24-26-28-30-32-34-36-38-40-42-50(54)59-47(45-57-44-43-48(51(55)56)52(3,4)5)46-58-49(53)41-39-37-35-33-31-29-27-25-23-21-19-17-15-13-11-9-7-2/h9,11,15,17,21-24,26-29,33,35,47-48H,6-8,10,12-14,16,18-20,25,30-32,34,36-46H2,1-5H3/b11-9+,17-15+,23-21+,24-22+,28-26+,29-27+,35-33+. The predicted molar refractivity (Wildman–Crippen MR) is 245 cm³/mol. The van der Waals surface area contributed by atoms with E-state index < -0.39 is 18.1 Å². The SMILES string of the molecule is CC/C=C/C/C=C/C/C=C/C/C=C/C/C=C/CCCC(=O)OCC(COCCC(C(=O)[O-])[N+](C)(C)C)OC(=O)CCCCCCC/C=C/C=C/CCCCCCCCC. The number of carboxylic acid groups (broad SMARTS) is 1. The molecule has 0 aliphatic heterocycles. The molecule has 8 heteroatoms. The number of aliphatic carboxylic acids is 1. The zero-order valence-electron chi connectivity index (χ0n) is 38.1. The van der Waals surface area contributed by atoms with Crippen molar-refractivity contribution < 1.29 is 38.2 Å². The third-order valence-corrected chi connectivity index (χ3v) is 9.79. The number of carboxylic acids is 1. The molecule has 2 unspecified atom stereocenters. The fourth-order valence-corrected chi connectivity index (χ4v) is 6.21. The van der Waals surface area contributed by atoms with Crippen molar-refractivity contribution in [3.8, 4) is 0 Å². The van der Waals surface area contributed by atoms with E-state index in [1.54, 1.807) is 21.1 Å². The maximum atomic E-state index is 12.7. The van der Waals surface area contributed by atoms with E-state index in [2.05, 4.69) is 98.9 Å². The summed E-state index contributed by atoms with van der Waals surface area (Å²) in [4.78, 5) is 36.9. The summed E-state index contributed by atoms with van der Waals surface area (Å²) >= 11 is 0. The molecule has 0 aliphatic rings. The molecule has 0 heterocycles. The summed E-state index contributed by atoms with van der Waals surface area (Å²) in [5.41, 5.74) is 0. The molecular weight excluding hydrogens is 739 g/mol. The van der Waals surface area contributed by atoms with Crippen LogP contribution in [0, 0.1) is 0 Å². The van der Waals surface area contributed by atoms with Crippen LogP contribution in [0.4, 0.5) is 0 Å². The van der Waals surface area contributed by atoms with Crippen LogP contribution in [0.5, 0.6) is 0 Å². The first-order valence-electron chi connectivity index (χ1n) is 23.1. The van der Waals surface area contributed by atoms with Gasteiger partial charge in [-0.3, -0.25) is 9.59 Å². The first kappa shape index (κ1) is 55.5. The van der Waals surface area contributed by atoms with Crippen molar-refractivity contribution in [2.24, 2.45) is 0 Å². The highest BCUT2D eigenvalue weighted by Gasteiger charge is 2.25. The van der Waals surface area contributed by atoms with Crippen molar-refractivity contribution in [3.05, 3.63) is 85.1 Å². The number of hydrogen-bond acceptors (Lipinski definition) is 7. The first-order valence-corrected chi connectivity index (χ1v) is 23.1. The van der Waals surface area contributed by atoms with Gasteiger partial charge in [0.2, 0.25) is 0 Å². The van der Waals surface area contributed by atoms with Crippen LogP contribution < -0.4 is 5.11 Å². The fourth-order valence-electron chi connectivity index (χ4n) is 6.21. The van der Waals surface area contributed by atoms with Crippen LogP contribution in [0.2, 0.25) is 0 Å². The molecule has 0 spiro atoms. The molecule has 59 heavy (non-hydrogen) atoms. The van der Waals surface area contributed by atoms with Gasteiger partial charge >= 0.3 is 11.9 Å². The molecular formula is C51H85NO7. The second-order valence-electron chi connectivity index (χ2n) is 16.3. The van der Waals surface area contributed by atoms with E-state index in [1.807, 2.05) is 0 Å². The number of esters is 2. The summed E-state index contributed by atoms with van der Waals surface area (Å²) < 4.78 is 17.1. The van der Waals surface area contributed by atoms with E-state index in [1.165, 1.54) is 44.9 Å². The molecule has 0 saturated carbocycles. The Morgan fingerprint density at radius 1 is 0.542 bits per heavy atom. The minimum atomic E-state index is -1.14. The number of nitrogens with zero attached hydrogens (tertiary/aromatic N) is 1. The molecule has 0 fully saturated rings. The Morgan fingerprint density at radius 2 is 1.02 bits per heavy atom. The quantitative estimate of drug-likeness (QED) is 0.0199. The average Bonchev–Trinajstić information content (AvgIpc) is 3.19. The Morgan fingerprint density at radius 3 is 1.54 bits per heavy atom. The van der Waals surface area contributed by atoms with Crippen LogP contribution in [0.3, 0.4) is 0 Å². The lowest BCUT2D eigenvalue weighted by molar-refractivity contribution is -0.889. The summed E-state index contributed by atoms with van der Waals surface area (Å²) in [7, 11) is 5.38. The van der Waals surface area contributed by atoms with Gasteiger partial charge in [-0.15, -0.1) is 0 Å². The van der Waals surface area contributed by atoms with E-state index >= 15 is 0 Å². The highest BCUT2D eigenvalue weighted by Crippen LogP contribution is 2.12. The minimum absolute atomic E-state index is 0.0117. The number of unbranched alkanes of at least 4 members (excludes halogenated alkanes) is 13. The van der Waals surface area contributed by atoms with E-state index in [9.17, 15) is 19.5 Å².